The second kappa shape index (κ2) is 4.37. The molecular weight excluding hydrogens is 180 g/mol. The number of hydrogen-bond donors (Lipinski definition) is 1. The van der Waals surface area contributed by atoms with Gasteiger partial charge in [0.15, 0.2) is 6.29 Å². The Kier molecular flexibility index (Phi) is 2.93. The molecule has 0 radical (unpaired) electrons. The number of aldehydes is 1. The van der Waals surface area contributed by atoms with Crippen LogP contribution in [0.15, 0.2) is 10.7 Å². The van der Waals surface area contributed by atoms with E-state index in [1.807, 2.05) is 0 Å². The van der Waals surface area contributed by atoms with E-state index in [2.05, 4.69) is 10.5 Å². The van der Waals surface area contributed by atoms with E-state index in [-0.39, 0.29) is 0 Å². The van der Waals surface area contributed by atoms with Crippen LogP contribution in [-0.4, -0.2) is 24.5 Å². The van der Waals surface area contributed by atoms with Gasteiger partial charge < -0.3 is 9.84 Å². The highest BCUT2D eigenvalue weighted by atomic mass is 16.5. The molecule has 1 aliphatic rings. The van der Waals surface area contributed by atoms with Crippen LogP contribution in [0.1, 0.15) is 29.0 Å². The zero-order chi connectivity index (χ0) is 9.80. The summed E-state index contributed by atoms with van der Waals surface area (Å²) in [5.74, 6) is 1.37. The van der Waals surface area contributed by atoms with Crippen molar-refractivity contribution < 1.29 is 9.32 Å². The molecule has 0 saturated carbocycles. The quantitative estimate of drug-likeness (QED) is 0.730. The SMILES string of the molecule is O=Cc1cnoc1CC1CCNCC1. The van der Waals surface area contributed by atoms with Crippen LogP contribution in [0.5, 0.6) is 0 Å². The molecule has 2 rings (SSSR count). The fourth-order valence-corrected chi connectivity index (χ4v) is 1.87. The summed E-state index contributed by atoms with van der Waals surface area (Å²) in [7, 11) is 0. The van der Waals surface area contributed by atoms with Crippen LogP contribution in [0, 0.1) is 5.92 Å². The lowest BCUT2D eigenvalue weighted by Crippen LogP contribution is -2.28. The van der Waals surface area contributed by atoms with Gasteiger partial charge in [-0.25, -0.2) is 0 Å². The summed E-state index contributed by atoms with van der Waals surface area (Å²) >= 11 is 0. The van der Waals surface area contributed by atoms with Crippen LogP contribution in [0.4, 0.5) is 0 Å². The highest BCUT2D eigenvalue weighted by Crippen LogP contribution is 2.19. The summed E-state index contributed by atoms with van der Waals surface area (Å²) in [6.45, 7) is 2.13. The molecule has 0 aromatic carbocycles. The molecule has 0 unspecified atom stereocenters. The number of rotatable bonds is 3. The Hall–Kier alpha value is -1.16. The molecule has 76 valence electrons. The van der Waals surface area contributed by atoms with Gasteiger partial charge in [-0.2, -0.15) is 0 Å². The van der Waals surface area contributed by atoms with Crippen molar-refractivity contribution in [3.63, 3.8) is 0 Å². The topological polar surface area (TPSA) is 55.1 Å². The van der Waals surface area contributed by atoms with Crippen LogP contribution in [0.25, 0.3) is 0 Å². The molecule has 14 heavy (non-hydrogen) atoms. The van der Waals surface area contributed by atoms with E-state index in [0.717, 1.165) is 44.4 Å². The summed E-state index contributed by atoms with van der Waals surface area (Å²) in [5, 5.41) is 6.94. The number of nitrogens with zero attached hydrogens (tertiary/aromatic N) is 1. The third kappa shape index (κ3) is 2.01. The lowest BCUT2D eigenvalue weighted by Gasteiger charge is -2.21. The number of carbonyl (C=O) groups excluding carboxylic acids is 1. The number of nitrogens with one attached hydrogen (secondary N) is 1. The van der Waals surface area contributed by atoms with Crippen molar-refractivity contribution in [3.8, 4) is 0 Å². The summed E-state index contributed by atoms with van der Waals surface area (Å²) in [6, 6.07) is 0. The first-order valence-corrected chi connectivity index (χ1v) is 4.99. The minimum absolute atomic E-state index is 0.600. The van der Waals surface area contributed by atoms with Crippen molar-refractivity contribution >= 4 is 6.29 Å². The van der Waals surface area contributed by atoms with Crippen molar-refractivity contribution in [1.29, 1.82) is 0 Å². The average molecular weight is 194 g/mol. The Morgan fingerprint density at radius 2 is 2.36 bits per heavy atom. The molecule has 4 nitrogen and oxygen atoms in total. The molecule has 0 aliphatic carbocycles. The normalized spacial score (nSPS) is 18.3. The number of piperidine rings is 1. The van der Waals surface area contributed by atoms with Gasteiger partial charge in [0.2, 0.25) is 0 Å². The summed E-state index contributed by atoms with van der Waals surface area (Å²) in [6.07, 6.45) is 5.45. The third-order valence-corrected chi connectivity index (χ3v) is 2.74. The Balaban J connectivity index is 1.98. The monoisotopic (exact) mass is 194 g/mol. The van der Waals surface area contributed by atoms with Crippen LogP contribution in [-0.2, 0) is 6.42 Å². The predicted octanol–water partition coefficient (Wildman–Crippen LogP) is 1.03. The van der Waals surface area contributed by atoms with E-state index in [0.29, 0.717) is 11.5 Å². The van der Waals surface area contributed by atoms with Gasteiger partial charge in [0.25, 0.3) is 0 Å². The highest BCUT2D eigenvalue weighted by Gasteiger charge is 2.17. The van der Waals surface area contributed by atoms with Crippen LogP contribution in [0.3, 0.4) is 0 Å². The zero-order valence-electron chi connectivity index (χ0n) is 8.03. The maximum absolute atomic E-state index is 10.6. The molecule has 1 aliphatic heterocycles. The van der Waals surface area contributed by atoms with E-state index in [1.165, 1.54) is 6.20 Å². The van der Waals surface area contributed by atoms with E-state index in [9.17, 15) is 4.79 Å². The van der Waals surface area contributed by atoms with Crippen LogP contribution >= 0.6 is 0 Å². The lowest BCUT2D eigenvalue weighted by atomic mass is 9.93. The van der Waals surface area contributed by atoms with Crippen molar-refractivity contribution in [3.05, 3.63) is 17.5 Å². The number of carbonyl (C=O) groups is 1. The maximum Gasteiger partial charge on any atom is 0.155 e. The largest absolute Gasteiger partial charge is 0.361 e. The summed E-state index contributed by atoms with van der Waals surface area (Å²) in [5.41, 5.74) is 0.600. The van der Waals surface area contributed by atoms with Gasteiger partial charge in [-0.1, -0.05) is 5.16 Å². The van der Waals surface area contributed by atoms with Gasteiger partial charge in [0.1, 0.15) is 5.76 Å². The Bertz CT molecular complexity index is 303. The van der Waals surface area contributed by atoms with Crippen LogP contribution < -0.4 is 5.32 Å². The smallest absolute Gasteiger partial charge is 0.155 e. The number of aromatic nitrogens is 1. The highest BCUT2D eigenvalue weighted by molar-refractivity contribution is 5.75. The molecule has 1 aromatic rings. The second-order valence-corrected chi connectivity index (χ2v) is 3.72. The van der Waals surface area contributed by atoms with Crippen molar-refractivity contribution in [2.45, 2.75) is 19.3 Å². The molecule has 1 fully saturated rings. The van der Waals surface area contributed by atoms with Gasteiger partial charge in [-0.05, 0) is 31.8 Å². The third-order valence-electron chi connectivity index (χ3n) is 2.74. The first-order chi connectivity index (χ1) is 6.90. The van der Waals surface area contributed by atoms with Crippen LogP contribution in [0.2, 0.25) is 0 Å². The molecule has 4 heteroatoms. The van der Waals surface area contributed by atoms with Crippen molar-refractivity contribution in [1.82, 2.24) is 10.5 Å². The number of hydrogen-bond acceptors (Lipinski definition) is 4. The summed E-state index contributed by atoms with van der Waals surface area (Å²) < 4.78 is 5.06. The average Bonchev–Trinajstić information content (AvgIpc) is 2.67. The van der Waals surface area contributed by atoms with Gasteiger partial charge in [0.05, 0.1) is 11.8 Å². The van der Waals surface area contributed by atoms with Crippen molar-refractivity contribution in [2.75, 3.05) is 13.1 Å². The summed E-state index contributed by atoms with van der Waals surface area (Å²) in [4.78, 5) is 10.6. The van der Waals surface area contributed by atoms with E-state index in [1.54, 1.807) is 0 Å². The van der Waals surface area contributed by atoms with E-state index < -0.39 is 0 Å². The first-order valence-electron chi connectivity index (χ1n) is 4.99. The minimum Gasteiger partial charge on any atom is -0.361 e. The molecule has 1 aromatic heterocycles. The first kappa shape index (κ1) is 9.40. The van der Waals surface area contributed by atoms with E-state index in [4.69, 9.17) is 4.52 Å². The van der Waals surface area contributed by atoms with Gasteiger partial charge in [-0.3, -0.25) is 4.79 Å². The van der Waals surface area contributed by atoms with Gasteiger partial charge in [-0.15, -0.1) is 0 Å². The second-order valence-electron chi connectivity index (χ2n) is 3.72. The lowest BCUT2D eigenvalue weighted by molar-refractivity contribution is 0.112. The Morgan fingerprint density at radius 1 is 1.57 bits per heavy atom. The fourth-order valence-electron chi connectivity index (χ4n) is 1.87. The molecule has 2 heterocycles. The van der Waals surface area contributed by atoms with Gasteiger partial charge in [0, 0.05) is 6.42 Å². The molecule has 1 saturated heterocycles. The maximum atomic E-state index is 10.6. The van der Waals surface area contributed by atoms with E-state index >= 15 is 0 Å². The molecule has 0 bridgehead atoms. The zero-order valence-corrected chi connectivity index (χ0v) is 8.03. The standard InChI is InChI=1S/C10H14N2O2/c13-7-9-6-12-14-10(9)5-8-1-3-11-4-2-8/h6-8,11H,1-5H2. The molecule has 0 amide bonds. The minimum atomic E-state index is 0.600. The molecular formula is C10H14N2O2. The molecule has 1 N–H and O–H groups in total. The van der Waals surface area contributed by atoms with Gasteiger partial charge >= 0.3 is 0 Å². The predicted molar refractivity (Wildman–Crippen MR) is 51.2 cm³/mol. The Morgan fingerprint density at radius 3 is 3.07 bits per heavy atom. The van der Waals surface area contributed by atoms with Crippen molar-refractivity contribution in [2.24, 2.45) is 5.92 Å². The fraction of sp³-hybridized carbons (Fsp3) is 0.600. The molecule has 0 spiro atoms. The molecule has 0 atom stereocenters. The Labute approximate surface area is 82.7 Å².